The number of aromatic hydroxyl groups is 1. The number of nitrogens with one attached hydrogen (secondary N) is 1. The number of fused-ring (bicyclic) bond motifs is 1. The van der Waals surface area contributed by atoms with Crippen molar-refractivity contribution in [2.24, 2.45) is 0 Å². The van der Waals surface area contributed by atoms with Crippen molar-refractivity contribution < 1.29 is 9.90 Å². The molecule has 0 fully saturated rings. The van der Waals surface area contributed by atoms with Crippen LogP contribution in [0.4, 0.5) is 0 Å². The van der Waals surface area contributed by atoms with Crippen LogP contribution in [0.15, 0.2) is 60.7 Å². The first-order valence-electron chi connectivity index (χ1n) is 6.74. The highest BCUT2D eigenvalue weighted by molar-refractivity contribution is 6.09. The van der Waals surface area contributed by atoms with Crippen LogP contribution in [0.3, 0.4) is 0 Å². The van der Waals surface area contributed by atoms with Crippen LogP contribution in [-0.2, 0) is 0 Å². The molecule has 3 heteroatoms. The van der Waals surface area contributed by atoms with Gasteiger partial charge in [-0.3, -0.25) is 4.79 Å². The van der Waals surface area contributed by atoms with Crippen LogP contribution in [0.2, 0.25) is 0 Å². The van der Waals surface area contributed by atoms with Gasteiger partial charge in [0.1, 0.15) is 5.75 Å². The fourth-order valence-electron chi connectivity index (χ4n) is 2.57. The lowest BCUT2D eigenvalue weighted by molar-refractivity contribution is 0.0964. The highest BCUT2D eigenvalue weighted by Gasteiger charge is 2.15. The van der Waals surface area contributed by atoms with Gasteiger partial charge < -0.3 is 10.4 Å². The van der Waals surface area contributed by atoms with Gasteiger partial charge >= 0.3 is 0 Å². The van der Waals surface area contributed by atoms with Crippen LogP contribution in [0.1, 0.15) is 10.4 Å². The number of carbonyl (C=O) groups excluding carboxylic acids is 1. The lowest BCUT2D eigenvalue weighted by atomic mass is 9.93. The van der Waals surface area contributed by atoms with Gasteiger partial charge in [-0.25, -0.2) is 0 Å². The number of rotatable bonds is 2. The Morgan fingerprint density at radius 1 is 1.00 bits per heavy atom. The molecule has 2 N–H and O–H groups in total. The van der Waals surface area contributed by atoms with Crippen LogP contribution >= 0.6 is 0 Å². The number of amides is 1. The summed E-state index contributed by atoms with van der Waals surface area (Å²) in [5.41, 5.74) is 2.26. The second-order valence-electron chi connectivity index (χ2n) is 4.84. The van der Waals surface area contributed by atoms with E-state index in [-0.39, 0.29) is 11.7 Å². The average Bonchev–Trinajstić information content (AvgIpc) is 2.53. The number of phenols is 1. The van der Waals surface area contributed by atoms with E-state index in [1.807, 2.05) is 42.5 Å². The van der Waals surface area contributed by atoms with Gasteiger partial charge in [0.25, 0.3) is 5.91 Å². The molecule has 0 saturated carbocycles. The minimum atomic E-state index is -0.140. The van der Waals surface area contributed by atoms with Crippen molar-refractivity contribution in [1.82, 2.24) is 5.32 Å². The summed E-state index contributed by atoms with van der Waals surface area (Å²) in [4.78, 5) is 12.2. The molecule has 3 nitrogen and oxygen atoms in total. The highest BCUT2D eigenvalue weighted by atomic mass is 16.3. The third-order valence-electron chi connectivity index (χ3n) is 3.54. The van der Waals surface area contributed by atoms with Gasteiger partial charge in [0.05, 0.1) is 0 Å². The normalized spacial score (nSPS) is 10.5. The Balaban J connectivity index is 2.38. The first-order chi connectivity index (χ1) is 10.2. The van der Waals surface area contributed by atoms with Crippen molar-refractivity contribution in [2.45, 2.75) is 0 Å². The summed E-state index contributed by atoms with van der Waals surface area (Å²) in [6, 6.07) is 18.6. The number of hydrogen-bond donors (Lipinski definition) is 2. The summed E-state index contributed by atoms with van der Waals surface area (Å²) in [7, 11) is 1.61. The van der Waals surface area contributed by atoms with Crippen molar-refractivity contribution in [1.29, 1.82) is 0 Å². The number of phenolic OH excluding ortho intramolecular Hbond substituents is 1. The van der Waals surface area contributed by atoms with E-state index in [1.165, 1.54) is 0 Å². The molecule has 0 aliphatic rings. The van der Waals surface area contributed by atoms with Crippen molar-refractivity contribution in [3.8, 4) is 16.9 Å². The summed E-state index contributed by atoms with van der Waals surface area (Å²) in [5.74, 6) is 0.0439. The zero-order valence-corrected chi connectivity index (χ0v) is 11.6. The summed E-state index contributed by atoms with van der Waals surface area (Å²) in [5, 5.41) is 14.5. The van der Waals surface area contributed by atoms with Crippen LogP contribution in [0.5, 0.6) is 5.75 Å². The Morgan fingerprint density at radius 2 is 1.81 bits per heavy atom. The topological polar surface area (TPSA) is 49.3 Å². The standard InChI is InChI=1S/C18H15NO2/c1-19-18(21)16-10-9-12-5-2-3-8-15(12)17(16)13-6-4-7-14(20)11-13/h2-11,20H,1H3,(H,19,21). The predicted molar refractivity (Wildman–Crippen MR) is 84.4 cm³/mol. The molecule has 0 atom stereocenters. The zero-order chi connectivity index (χ0) is 14.8. The second-order valence-corrected chi connectivity index (χ2v) is 4.84. The van der Waals surface area contributed by atoms with Gasteiger partial charge in [-0.2, -0.15) is 0 Å². The molecule has 104 valence electrons. The van der Waals surface area contributed by atoms with E-state index in [1.54, 1.807) is 25.2 Å². The first-order valence-corrected chi connectivity index (χ1v) is 6.74. The molecule has 0 aliphatic heterocycles. The molecular weight excluding hydrogens is 262 g/mol. The fraction of sp³-hybridized carbons (Fsp3) is 0.0556. The van der Waals surface area contributed by atoms with E-state index < -0.39 is 0 Å². The maximum atomic E-state index is 12.2. The van der Waals surface area contributed by atoms with Gasteiger partial charge in [0, 0.05) is 18.2 Å². The van der Waals surface area contributed by atoms with Gasteiger partial charge in [0.2, 0.25) is 0 Å². The lowest BCUT2D eigenvalue weighted by Gasteiger charge is -2.13. The number of hydrogen-bond acceptors (Lipinski definition) is 2. The summed E-state index contributed by atoms with van der Waals surface area (Å²) < 4.78 is 0. The summed E-state index contributed by atoms with van der Waals surface area (Å²) >= 11 is 0. The van der Waals surface area contributed by atoms with Gasteiger partial charge in [-0.05, 0) is 34.5 Å². The van der Waals surface area contributed by atoms with Gasteiger partial charge in [-0.1, -0.05) is 42.5 Å². The molecule has 0 aromatic heterocycles. The third kappa shape index (κ3) is 2.34. The van der Waals surface area contributed by atoms with E-state index in [4.69, 9.17) is 0 Å². The summed E-state index contributed by atoms with van der Waals surface area (Å²) in [6.07, 6.45) is 0. The van der Waals surface area contributed by atoms with E-state index in [2.05, 4.69) is 5.32 Å². The quantitative estimate of drug-likeness (QED) is 0.752. The van der Waals surface area contributed by atoms with Crippen molar-refractivity contribution >= 4 is 16.7 Å². The predicted octanol–water partition coefficient (Wildman–Crippen LogP) is 3.57. The second kappa shape index (κ2) is 5.29. The molecule has 0 radical (unpaired) electrons. The van der Waals surface area contributed by atoms with Crippen molar-refractivity contribution in [3.05, 3.63) is 66.2 Å². The molecule has 0 heterocycles. The van der Waals surface area contributed by atoms with Crippen molar-refractivity contribution in [3.63, 3.8) is 0 Å². The van der Waals surface area contributed by atoms with Crippen LogP contribution in [0.25, 0.3) is 21.9 Å². The number of benzene rings is 3. The number of carbonyl (C=O) groups is 1. The molecule has 0 spiro atoms. The van der Waals surface area contributed by atoms with E-state index in [9.17, 15) is 9.90 Å². The molecular formula is C18H15NO2. The van der Waals surface area contributed by atoms with Gasteiger partial charge in [-0.15, -0.1) is 0 Å². The minimum Gasteiger partial charge on any atom is -0.508 e. The Labute approximate surface area is 122 Å². The van der Waals surface area contributed by atoms with Crippen LogP contribution in [-0.4, -0.2) is 18.1 Å². The third-order valence-corrected chi connectivity index (χ3v) is 3.54. The largest absolute Gasteiger partial charge is 0.508 e. The maximum absolute atomic E-state index is 12.2. The Bertz CT molecular complexity index is 824. The highest BCUT2D eigenvalue weighted by Crippen LogP contribution is 2.33. The Kier molecular flexibility index (Phi) is 3.32. The van der Waals surface area contributed by atoms with Gasteiger partial charge in [0.15, 0.2) is 0 Å². The zero-order valence-electron chi connectivity index (χ0n) is 11.6. The lowest BCUT2D eigenvalue weighted by Crippen LogP contribution is -2.18. The van der Waals surface area contributed by atoms with E-state index in [0.717, 1.165) is 21.9 Å². The Hall–Kier alpha value is -2.81. The molecule has 0 unspecified atom stereocenters. The monoisotopic (exact) mass is 277 g/mol. The average molecular weight is 277 g/mol. The van der Waals surface area contributed by atoms with E-state index >= 15 is 0 Å². The molecule has 3 aromatic carbocycles. The smallest absolute Gasteiger partial charge is 0.251 e. The fourth-order valence-corrected chi connectivity index (χ4v) is 2.57. The molecule has 3 rings (SSSR count). The molecule has 1 amide bonds. The first kappa shape index (κ1) is 13.2. The summed E-state index contributed by atoms with van der Waals surface area (Å²) in [6.45, 7) is 0. The molecule has 0 saturated heterocycles. The maximum Gasteiger partial charge on any atom is 0.251 e. The van der Waals surface area contributed by atoms with Crippen LogP contribution < -0.4 is 5.32 Å². The SMILES string of the molecule is CNC(=O)c1ccc2ccccc2c1-c1cccc(O)c1. The van der Waals surface area contributed by atoms with Crippen LogP contribution in [0, 0.1) is 0 Å². The molecule has 0 aliphatic carbocycles. The van der Waals surface area contributed by atoms with E-state index in [0.29, 0.717) is 5.56 Å². The molecule has 0 bridgehead atoms. The molecule has 3 aromatic rings. The van der Waals surface area contributed by atoms with Crippen molar-refractivity contribution in [2.75, 3.05) is 7.05 Å². The Morgan fingerprint density at radius 3 is 2.57 bits per heavy atom. The molecule has 21 heavy (non-hydrogen) atoms. The minimum absolute atomic E-state index is 0.140.